The van der Waals surface area contributed by atoms with Crippen molar-refractivity contribution in [1.82, 2.24) is 26.2 Å². The fourth-order valence-corrected chi connectivity index (χ4v) is 7.12. The molecule has 0 radical (unpaired) electrons. The number of carbonyl (C=O) groups excluding carboxylic acids is 4. The molecule has 4 fully saturated rings. The molecule has 2 saturated heterocycles. The van der Waals surface area contributed by atoms with Crippen molar-refractivity contribution in [3.05, 3.63) is 107 Å². The van der Waals surface area contributed by atoms with Crippen LogP contribution in [0.1, 0.15) is 69.4 Å². The monoisotopic (exact) mass is 619 g/mol. The number of hydrogen-bond acceptors (Lipinski definition) is 5. The van der Waals surface area contributed by atoms with Gasteiger partial charge in [0.25, 0.3) is 11.8 Å². The lowest BCUT2D eigenvalue weighted by Crippen LogP contribution is -2.45. The molecule has 2 saturated carbocycles. The summed E-state index contributed by atoms with van der Waals surface area (Å²) in [6.07, 6.45) is 3.68. The van der Waals surface area contributed by atoms with Crippen molar-refractivity contribution in [3.63, 3.8) is 0 Å². The lowest BCUT2D eigenvalue weighted by molar-refractivity contribution is -0.133. The number of carbonyl (C=O) groups is 4. The first-order valence-electron chi connectivity index (χ1n) is 16.6. The van der Waals surface area contributed by atoms with Gasteiger partial charge in [0.2, 0.25) is 11.8 Å². The minimum absolute atomic E-state index is 0.0253. The summed E-state index contributed by atoms with van der Waals surface area (Å²) in [6.45, 7) is 2.04. The van der Waals surface area contributed by atoms with Gasteiger partial charge in [0, 0.05) is 60.7 Å². The van der Waals surface area contributed by atoms with Crippen LogP contribution in [0, 0.1) is 11.8 Å². The van der Waals surface area contributed by atoms with E-state index < -0.39 is 11.8 Å². The number of amides is 4. The van der Waals surface area contributed by atoms with Crippen molar-refractivity contribution < 1.29 is 19.2 Å². The zero-order valence-electron chi connectivity index (χ0n) is 25.9. The van der Waals surface area contributed by atoms with Crippen molar-refractivity contribution >= 4 is 23.6 Å². The highest BCUT2D eigenvalue weighted by Crippen LogP contribution is 2.42. The SMILES string of the molecule is O=C(N[C@@H]1CCCNC1)c1ccc(C(=O)N2C[C@@H](C(=O)N[C@H]3C[C@@H]3c3ccccc3)[C@H](C(=O)N[C@H]3C[C@@H]3c3ccccc3)C2)cc1. The number of likely N-dealkylation sites (tertiary alicyclic amines) is 1. The van der Waals surface area contributed by atoms with Gasteiger partial charge in [0.05, 0.1) is 11.8 Å². The van der Waals surface area contributed by atoms with Crippen LogP contribution in [0.25, 0.3) is 0 Å². The molecular weight excluding hydrogens is 578 g/mol. The number of rotatable bonds is 9. The Morgan fingerprint density at radius 3 is 1.67 bits per heavy atom. The summed E-state index contributed by atoms with van der Waals surface area (Å²) < 4.78 is 0. The predicted octanol–water partition coefficient (Wildman–Crippen LogP) is 3.20. The standard InChI is InChI=1S/C37H41N5O4/c43-34(39-27-12-7-17-38-20-27)25-13-15-26(16-14-25)37(46)42-21-30(35(44)40-32-18-28(32)23-8-3-1-4-9-23)31(22-42)36(45)41-33-19-29(33)24-10-5-2-6-11-24/h1-6,8-11,13-16,27-33,38H,7,12,17-22H2,(H,39,43)(H,40,44)(H,41,45)/t27-,28-,29-,30-,31-,32+,33+/m1/s1. The molecule has 7 atom stereocenters. The molecule has 2 heterocycles. The third-order valence-electron chi connectivity index (χ3n) is 10.00. The topological polar surface area (TPSA) is 120 Å². The maximum Gasteiger partial charge on any atom is 0.253 e. The molecule has 0 unspecified atom stereocenters. The van der Waals surface area contributed by atoms with Gasteiger partial charge < -0.3 is 26.2 Å². The van der Waals surface area contributed by atoms with Gasteiger partial charge in [-0.1, -0.05) is 60.7 Å². The molecule has 9 heteroatoms. The molecule has 0 aromatic heterocycles. The Morgan fingerprint density at radius 1 is 0.652 bits per heavy atom. The summed E-state index contributed by atoms with van der Waals surface area (Å²) in [5, 5.41) is 12.7. The first kappa shape index (κ1) is 30.2. The smallest absolute Gasteiger partial charge is 0.253 e. The summed E-state index contributed by atoms with van der Waals surface area (Å²) in [6, 6.07) is 27.0. The maximum atomic E-state index is 13.7. The summed E-state index contributed by atoms with van der Waals surface area (Å²) in [4.78, 5) is 55.4. The van der Waals surface area contributed by atoms with Crippen LogP contribution in [0.3, 0.4) is 0 Å². The number of hydrogen-bond donors (Lipinski definition) is 4. The maximum absolute atomic E-state index is 13.7. The van der Waals surface area contributed by atoms with Gasteiger partial charge in [-0.15, -0.1) is 0 Å². The van der Waals surface area contributed by atoms with E-state index >= 15 is 0 Å². The van der Waals surface area contributed by atoms with Gasteiger partial charge in [-0.3, -0.25) is 19.2 Å². The molecule has 3 aromatic carbocycles. The second-order valence-corrected chi connectivity index (χ2v) is 13.3. The first-order chi connectivity index (χ1) is 22.4. The second kappa shape index (κ2) is 13.1. The van der Waals surface area contributed by atoms with Crippen LogP contribution in [0.15, 0.2) is 84.9 Å². The van der Waals surface area contributed by atoms with Crippen molar-refractivity contribution in [2.24, 2.45) is 11.8 Å². The summed E-state index contributed by atoms with van der Waals surface area (Å²) in [5.41, 5.74) is 3.30. The lowest BCUT2D eigenvalue weighted by atomic mass is 9.94. The van der Waals surface area contributed by atoms with Crippen molar-refractivity contribution in [1.29, 1.82) is 0 Å². The molecular formula is C37H41N5O4. The van der Waals surface area contributed by atoms with Gasteiger partial charge >= 0.3 is 0 Å². The molecule has 4 amide bonds. The van der Waals surface area contributed by atoms with E-state index in [0.717, 1.165) is 38.8 Å². The van der Waals surface area contributed by atoms with E-state index in [1.54, 1.807) is 29.2 Å². The van der Waals surface area contributed by atoms with Crippen LogP contribution >= 0.6 is 0 Å². The van der Waals surface area contributed by atoms with Crippen LogP contribution in [0.2, 0.25) is 0 Å². The molecule has 46 heavy (non-hydrogen) atoms. The average molecular weight is 620 g/mol. The summed E-state index contributed by atoms with van der Waals surface area (Å²) in [5.74, 6) is -1.55. The highest BCUT2D eigenvalue weighted by atomic mass is 16.2. The third-order valence-corrected chi connectivity index (χ3v) is 10.00. The third kappa shape index (κ3) is 6.70. The lowest BCUT2D eigenvalue weighted by Gasteiger charge is -2.23. The van der Waals surface area contributed by atoms with Gasteiger partial charge in [0.15, 0.2) is 0 Å². The first-order valence-corrected chi connectivity index (χ1v) is 16.6. The fraction of sp³-hybridized carbons (Fsp3) is 0.405. The number of piperidine rings is 1. The Bertz CT molecular complexity index is 1500. The molecule has 4 N–H and O–H groups in total. The van der Waals surface area contributed by atoms with E-state index in [1.165, 1.54) is 11.1 Å². The number of benzene rings is 3. The molecule has 4 aliphatic rings. The Morgan fingerprint density at radius 2 is 1.17 bits per heavy atom. The van der Waals surface area contributed by atoms with E-state index in [2.05, 4.69) is 45.5 Å². The van der Waals surface area contributed by atoms with E-state index in [-0.39, 0.29) is 66.7 Å². The zero-order chi connectivity index (χ0) is 31.6. The van der Waals surface area contributed by atoms with Crippen molar-refractivity contribution in [3.8, 4) is 0 Å². The molecule has 238 valence electrons. The van der Waals surface area contributed by atoms with Gasteiger partial charge in [-0.2, -0.15) is 0 Å². The van der Waals surface area contributed by atoms with Crippen LogP contribution in [-0.4, -0.2) is 72.8 Å². The van der Waals surface area contributed by atoms with Gasteiger partial charge in [0.1, 0.15) is 0 Å². The van der Waals surface area contributed by atoms with Crippen LogP contribution in [-0.2, 0) is 9.59 Å². The van der Waals surface area contributed by atoms with Crippen LogP contribution < -0.4 is 21.3 Å². The molecule has 3 aromatic rings. The normalized spacial score (nSPS) is 28.2. The quantitative estimate of drug-likeness (QED) is 0.293. The molecule has 0 spiro atoms. The van der Waals surface area contributed by atoms with Gasteiger partial charge in [-0.05, 0) is 67.6 Å². The Kier molecular flexibility index (Phi) is 8.58. The molecule has 0 bridgehead atoms. The molecule has 7 rings (SSSR count). The summed E-state index contributed by atoms with van der Waals surface area (Å²) >= 11 is 0. The van der Waals surface area contributed by atoms with Gasteiger partial charge in [-0.25, -0.2) is 0 Å². The Hall–Kier alpha value is -4.50. The second-order valence-electron chi connectivity index (χ2n) is 13.3. The van der Waals surface area contributed by atoms with Crippen molar-refractivity contribution in [2.75, 3.05) is 26.2 Å². The summed E-state index contributed by atoms with van der Waals surface area (Å²) in [7, 11) is 0. The van der Waals surface area contributed by atoms with E-state index in [1.807, 2.05) is 36.4 Å². The minimum atomic E-state index is -0.649. The van der Waals surface area contributed by atoms with Crippen molar-refractivity contribution in [2.45, 2.75) is 55.6 Å². The zero-order valence-corrected chi connectivity index (χ0v) is 25.9. The fourth-order valence-electron chi connectivity index (χ4n) is 7.12. The van der Waals surface area contributed by atoms with Crippen LogP contribution in [0.5, 0.6) is 0 Å². The van der Waals surface area contributed by atoms with Crippen LogP contribution in [0.4, 0.5) is 0 Å². The van der Waals surface area contributed by atoms with E-state index in [9.17, 15) is 19.2 Å². The average Bonchev–Trinajstić information content (AvgIpc) is 4.00. The predicted molar refractivity (Wildman–Crippen MR) is 174 cm³/mol. The largest absolute Gasteiger partial charge is 0.352 e. The van der Waals surface area contributed by atoms with E-state index in [0.29, 0.717) is 11.1 Å². The molecule has 9 nitrogen and oxygen atoms in total. The Balaban J connectivity index is 1.02. The minimum Gasteiger partial charge on any atom is -0.352 e. The molecule has 2 aliphatic heterocycles. The number of nitrogens with one attached hydrogen (secondary N) is 4. The highest BCUT2D eigenvalue weighted by molar-refractivity contribution is 5.99. The number of nitrogens with zero attached hydrogens (tertiary/aromatic N) is 1. The Labute approximate surface area is 269 Å². The van der Waals surface area contributed by atoms with E-state index in [4.69, 9.17) is 0 Å². The molecule has 2 aliphatic carbocycles. The highest BCUT2D eigenvalue weighted by Gasteiger charge is 2.48.